The van der Waals surface area contributed by atoms with Crippen LogP contribution < -0.4 is 21.5 Å². The number of aromatic nitrogens is 4. The van der Waals surface area contributed by atoms with Crippen molar-refractivity contribution < 1.29 is 13.6 Å². The molecule has 1 aliphatic rings. The van der Waals surface area contributed by atoms with E-state index in [2.05, 4.69) is 20.4 Å². The van der Waals surface area contributed by atoms with E-state index in [0.717, 1.165) is 54.2 Å². The fraction of sp³-hybridized carbons (Fsp3) is 0.308. The highest BCUT2D eigenvalue weighted by molar-refractivity contribution is 6.08. The van der Waals surface area contributed by atoms with Crippen LogP contribution in [0.25, 0.3) is 16.6 Å². The molecule has 0 saturated carbocycles. The largest absolute Gasteiger partial charge is 0.368 e. The smallest absolute Gasteiger partial charge is 0.276 e. The number of hydrogen-bond donors (Lipinski definition) is 2. The van der Waals surface area contributed by atoms with Gasteiger partial charge in [0.25, 0.3) is 11.5 Å². The van der Waals surface area contributed by atoms with E-state index < -0.39 is 28.8 Å². The van der Waals surface area contributed by atoms with Crippen molar-refractivity contribution in [2.45, 2.75) is 38.8 Å². The van der Waals surface area contributed by atoms with Crippen molar-refractivity contribution in [3.8, 4) is 5.69 Å². The lowest BCUT2D eigenvalue weighted by Crippen LogP contribution is -2.43. The summed E-state index contributed by atoms with van der Waals surface area (Å²) in [6.45, 7) is 5.44. The molecule has 1 saturated heterocycles. The predicted octanol–water partition coefficient (Wildman–Crippen LogP) is 3.62. The average Bonchev–Trinajstić information content (AvgIpc) is 3.29. The van der Waals surface area contributed by atoms with E-state index in [-0.39, 0.29) is 17.8 Å². The van der Waals surface area contributed by atoms with E-state index in [1.165, 1.54) is 12.1 Å². The molecule has 3 heterocycles. The third kappa shape index (κ3) is 4.69. The Morgan fingerprint density at radius 3 is 2.54 bits per heavy atom. The first-order chi connectivity index (χ1) is 17.7. The summed E-state index contributed by atoms with van der Waals surface area (Å²) in [5.41, 5.74) is 6.76. The first-order valence-corrected chi connectivity index (χ1v) is 12.1. The Morgan fingerprint density at radius 2 is 1.84 bits per heavy atom. The molecule has 192 valence electrons. The maximum absolute atomic E-state index is 14.3. The van der Waals surface area contributed by atoms with Gasteiger partial charge < -0.3 is 16.0 Å². The molecule has 0 spiro atoms. The molecule has 0 radical (unpaired) electrons. The standard InChI is InChI=1S/C26H27F2N7O2/c1-15(2)34-14-17-20(31-34)8-9-21(24(17)33-12-4-5-16(29)13-33)30-26(37)22-10-11-23(36)35(32-22)25-18(27)6-3-7-19(25)28/h3,6-11,14-16H,4-5,12-13,29H2,1-2H3,(H,30,37)/t16-/m1/s1. The highest BCUT2D eigenvalue weighted by Crippen LogP contribution is 2.36. The average molecular weight is 508 g/mol. The topological polar surface area (TPSA) is 111 Å². The van der Waals surface area contributed by atoms with Gasteiger partial charge in [-0.05, 0) is 57.0 Å². The molecule has 2 aromatic carbocycles. The second kappa shape index (κ2) is 9.74. The minimum atomic E-state index is -0.969. The Morgan fingerprint density at radius 1 is 1.08 bits per heavy atom. The molecule has 3 N–H and O–H groups in total. The van der Waals surface area contributed by atoms with Gasteiger partial charge in [-0.15, -0.1) is 0 Å². The van der Waals surface area contributed by atoms with Crippen LogP contribution in [0.1, 0.15) is 43.2 Å². The SMILES string of the molecule is CC(C)n1cc2c(N3CCC[C@@H](N)C3)c(NC(=O)c3ccc(=O)n(-c4c(F)cccc4F)n3)ccc2n1. The summed E-state index contributed by atoms with van der Waals surface area (Å²) in [5.74, 6) is -2.57. The van der Waals surface area contributed by atoms with E-state index in [9.17, 15) is 18.4 Å². The second-order valence-corrected chi connectivity index (χ2v) is 9.44. The molecule has 11 heteroatoms. The first kappa shape index (κ1) is 24.6. The predicted molar refractivity (Wildman–Crippen MR) is 137 cm³/mol. The van der Waals surface area contributed by atoms with Crippen LogP contribution in [0.4, 0.5) is 20.2 Å². The highest BCUT2D eigenvalue weighted by Gasteiger charge is 2.24. The van der Waals surface area contributed by atoms with Crippen LogP contribution in [0.2, 0.25) is 0 Å². The number of anilines is 2. The number of hydrogen-bond acceptors (Lipinski definition) is 6. The lowest BCUT2D eigenvalue weighted by atomic mass is 10.0. The van der Waals surface area contributed by atoms with E-state index >= 15 is 0 Å². The van der Waals surface area contributed by atoms with Gasteiger partial charge >= 0.3 is 0 Å². The minimum absolute atomic E-state index is 0.00594. The number of halogens is 2. The molecule has 2 aromatic heterocycles. The van der Waals surface area contributed by atoms with Gasteiger partial charge in [0.15, 0.2) is 11.6 Å². The number of para-hydroxylation sites is 1. The number of rotatable bonds is 5. The maximum Gasteiger partial charge on any atom is 0.276 e. The Hall–Kier alpha value is -4.12. The molecule has 1 aliphatic heterocycles. The summed E-state index contributed by atoms with van der Waals surface area (Å²) >= 11 is 0. The summed E-state index contributed by atoms with van der Waals surface area (Å²) in [4.78, 5) is 27.8. The van der Waals surface area contributed by atoms with E-state index in [1.54, 1.807) is 6.07 Å². The zero-order valence-electron chi connectivity index (χ0n) is 20.5. The van der Waals surface area contributed by atoms with E-state index in [4.69, 9.17) is 5.73 Å². The van der Waals surface area contributed by atoms with Crippen molar-refractivity contribution in [3.05, 3.63) is 76.3 Å². The quantitative estimate of drug-likeness (QED) is 0.427. The van der Waals surface area contributed by atoms with Crippen molar-refractivity contribution in [2.24, 2.45) is 5.73 Å². The number of nitrogens with one attached hydrogen (secondary N) is 1. The molecule has 0 aliphatic carbocycles. The fourth-order valence-electron chi connectivity index (χ4n) is 4.59. The van der Waals surface area contributed by atoms with Crippen molar-refractivity contribution in [3.63, 3.8) is 0 Å². The summed E-state index contributed by atoms with van der Waals surface area (Å²) in [5, 5.41) is 12.4. The molecule has 37 heavy (non-hydrogen) atoms. The molecule has 1 atom stereocenters. The molecular weight excluding hydrogens is 480 g/mol. The van der Waals surface area contributed by atoms with Gasteiger partial charge in [0, 0.05) is 42.8 Å². The fourth-order valence-corrected chi connectivity index (χ4v) is 4.59. The molecular formula is C26H27F2N7O2. The van der Waals surface area contributed by atoms with Crippen molar-refractivity contribution in [1.29, 1.82) is 0 Å². The first-order valence-electron chi connectivity index (χ1n) is 12.1. The molecule has 1 amide bonds. The lowest BCUT2D eigenvalue weighted by molar-refractivity contribution is 0.102. The maximum atomic E-state index is 14.3. The summed E-state index contributed by atoms with van der Waals surface area (Å²) in [6, 6.07) is 9.21. The van der Waals surface area contributed by atoms with Crippen LogP contribution in [-0.4, -0.2) is 44.6 Å². The van der Waals surface area contributed by atoms with Gasteiger partial charge in [-0.2, -0.15) is 14.9 Å². The van der Waals surface area contributed by atoms with Gasteiger partial charge in [0.2, 0.25) is 0 Å². The Bertz CT molecular complexity index is 1530. The normalized spacial score (nSPS) is 15.9. The van der Waals surface area contributed by atoms with Gasteiger partial charge in [0.05, 0.1) is 16.9 Å². The van der Waals surface area contributed by atoms with Gasteiger partial charge in [-0.1, -0.05) is 6.07 Å². The number of nitrogens with two attached hydrogens (primary N) is 1. The Labute approximate surface area is 211 Å². The van der Waals surface area contributed by atoms with E-state index in [0.29, 0.717) is 16.9 Å². The molecule has 4 aromatic rings. The van der Waals surface area contributed by atoms with Crippen molar-refractivity contribution in [1.82, 2.24) is 19.6 Å². The molecule has 1 fully saturated rings. The van der Waals surface area contributed by atoms with Crippen molar-refractivity contribution >= 4 is 28.2 Å². The van der Waals surface area contributed by atoms with Crippen molar-refractivity contribution in [2.75, 3.05) is 23.3 Å². The molecule has 9 nitrogen and oxygen atoms in total. The van der Waals surface area contributed by atoms with Gasteiger partial charge in [0.1, 0.15) is 11.4 Å². The van der Waals surface area contributed by atoms with Crippen LogP contribution in [0.3, 0.4) is 0 Å². The third-order valence-electron chi connectivity index (χ3n) is 6.41. The van der Waals surface area contributed by atoms with Crippen LogP contribution in [-0.2, 0) is 0 Å². The van der Waals surface area contributed by atoms with Crippen LogP contribution in [0, 0.1) is 11.6 Å². The number of nitrogens with zero attached hydrogens (tertiary/aromatic N) is 5. The van der Waals surface area contributed by atoms with Crippen LogP contribution in [0.15, 0.2) is 53.5 Å². The molecule has 0 bridgehead atoms. The Balaban J connectivity index is 1.56. The minimum Gasteiger partial charge on any atom is -0.368 e. The van der Waals surface area contributed by atoms with Gasteiger partial charge in [-0.25, -0.2) is 8.78 Å². The van der Waals surface area contributed by atoms with Crippen LogP contribution in [0.5, 0.6) is 0 Å². The Kier molecular flexibility index (Phi) is 6.46. The van der Waals surface area contributed by atoms with Crippen LogP contribution >= 0.6 is 0 Å². The van der Waals surface area contributed by atoms with Gasteiger partial charge in [-0.3, -0.25) is 14.3 Å². The number of fused-ring (bicyclic) bond motifs is 1. The zero-order chi connectivity index (χ0) is 26.3. The number of piperidine rings is 1. The molecule has 5 rings (SSSR count). The summed E-state index contributed by atoms with van der Waals surface area (Å²) in [6.07, 6.45) is 3.77. The molecule has 0 unspecified atom stereocenters. The zero-order valence-corrected chi connectivity index (χ0v) is 20.5. The summed E-state index contributed by atoms with van der Waals surface area (Å²) in [7, 11) is 0. The van der Waals surface area contributed by atoms with E-state index in [1.807, 2.05) is 30.8 Å². The monoisotopic (exact) mass is 507 g/mol. The second-order valence-electron chi connectivity index (χ2n) is 9.44. The number of amides is 1. The third-order valence-corrected chi connectivity index (χ3v) is 6.41. The number of benzene rings is 2. The highest BCUT2D eigenvalue weighted by atomic mass is 19.1. The number of carbonyl (C=O) groups excluding carboxylic acids is 1. The summed E-state index contributed by atoms with van der Waals surface area (Å²) < 4.78 is 31.1. The number of carbonyl (C=O) groups is 1. The lowest BCUT2D eigenvalue weighted by Gasteiger charge is -2.34.